The van der Waals surface area contributed by atoms with Crippen molar-refractivity contribution in [3.8, 4) is 11.5 Å². The normalized spacial score (nSPS) is 10.2. The van der Waals surface area contributed by atoms with Gasteiger partial charge in [0.1, 0.15) is 17.3 Å². The lowest BCUT2D eigenvalue weighted by molar-refractivity contribution is -0.118. The highest BCUT2D eigenvalue weighted by Crippen LogP contribution is 2.26. The number of benzene rings is 3. The lowest BCUT2D eigenvalue weighted by atomic mass is 10.1. The van der Waals surface area contributed by atoms with Gasteiger partial charge in [0.15, 0.2) is 6.61 Å². The summed E-state index contributed by atoms with van der Waals surface area (Å²) in [6.07, 6.45) is 0. The van der Waals surface area contributed by atoms with Crippen LogP contribution < -0.4 is 20.1 Å². The molecule has 3 rings (SSSR count). The Labute approximate surface area is 173 Å². The molecule has 0 aromatic heterocycles. The Kier molecular flexibility index (Phi) is 6.64. The zero-order valence-corrected chi connectivity index (χ0v) is 16.6. The van der Waals surface area contributed by atoms with E-state index in [4.69, 9.17) is 9.47 Å². The lowest BCUT2D eigenvalue weighted by Crippen LogP contribution is -2.20. The van der Waals surface area contributed by atoms with Crippen LogP contribution in [0.2, 0.25) is 0 Å². The molecule has 0 saturated heterocycles. The third-order valence-electron chi connectivity index (χ3n) is 4.24. The van der Waals surface area contributed by atoms with Gasteiger partial charge in [-0.05, 0) is 61.0 Å². The monoisotopic (exact) mass is 408 g/mol. The van der Waals surface area contributed by atoms with Gasteiger partial charge in [0.05, 0.1) is 18.5 Å². The molecule has 0 bridgehead atoms. The summed E-state index contributed by atoms with van der Waals surface area (Å²) in [5.41, 5.74) is 2.07. The minimum absolute atomic E-state index is 0.0877. The number of halogens is 1. The summed E-state index contributed by atoms with van der Waals surface area (Å²) in [5, 5.41) is 5.25. The number of carbonyl (C=O) groups is 2. The van der Waals surface area contributed by atoms with Crippen molar-refractivity contribution in [2.24, 2.45) is 0 Å². The Bertz CT molecular complexity index is 1050. The van der Waals surface area contributed by atoms with Crippen LogP contribution in [0.1, 0.15) is 15.9 Å². The van der Waals surface area contributed by atoms with Gasteiger partial charge in [-0.15, -0.1) is 0 Å². The summed E-state index contributed by atoms with van der Waals surface area (Å²) >= 11 is 0. The molecule has 2 N–H and O–H groups in total. The average Bonchev–Trinajstić information content (AvgIpc) is 2.74. The van der Waals surface area contributed by atoms with E-state index in [-0.39, 0.29) is 18.2 Å². The maximum atomic E-state index is 13.6. The Morgan fingerprint density at radius 2 is 1.67 bits per heavy atom. The smallest absolute Gasteiger partial charge is 0.262 e. The van der Waals surface area contributed by atoms with Gasteiger partial charge in [-0.25, -0.2) is 4.39 Å². The van der Waals surface area contributed by atoms with Crippen LogP contribution >= 0.6 is 0 Å². The molecule has 3 aromatic carbocycles. The fraction of sp³-hybridized carbons (Fsp3) is 0.130. The fourth-order valence-electron chi connectivity index (χ4n) is 2.71. The van der Waals surface area contributed by atoms with E-state index in [9.17, 15) is 14.0 Å². The number of rotatable bonds is 7. The second kappa shape index (κ2) is 9.56. The van der Waals surface area contributed by atoms with E-state index in [1.165, 1.54) is 25.3 Å². The van der Waals surface area contributed by atoms with E-state index in [1.807, 2.05) is 19.1 Å². The van der Waals surface area contributed by atoms with E-state index in [0.717, 1.165) is 5.56 Å². The molecule has 154 valence electrons. The van der Waals surface area contributed by atoms with Crippen molar-refractivity contribution in [1.82, 2.24) is 0 Å². The van der Waals surface area contributed by atoms with E-state index >= 15 is 0 Å². The Hall–Kier alpha value is -3.87. The van der Waals surface area contributed by atoms with Gasteiger partial charge in [-0.2, -0.15) is 0 Å². The third-order valence-corrected chi connectivity index (χ3v) is 4.24. The maximum Gasteiger partial charge on any atom is 0.262 e. The van der Waals surface area contributed by atoms with E-state index in [1.54, 1.807) is 36.4 Å². The lowest BCUT2D eigenvalue weighted by Gasteiger charge is -2.11. The molecule has 7 heteroatoms. The average molecular weight is 408 g/mol. The molecule has 0 aliphatic heterocycles. The first-order valence-corrected chi connectivity index (χ1v) is 9.19. The molecule has 0 aliphatic carbocycles. The molecule has 0 spiro atoms. The number of amides is 2. The molecule has 0 radical (unpaired) electrons. The van der Waals surface area contributed by atoms with Crippen molar-refractivity contribution in [2.75, 3.05) is 24.4 Å². The number of nitrogens with one attached hydrogen (secondary N) is 2. The fourth-order valence-corrected chi connectivity index (χ4v) is 2.71. The van der Waals surface area contributed by atoms with Crippen molar-refractivity contribution in [2.45, 2.75) is 6.92 Å². The van der Waals surface area contributed by atoms with Crippen LogP contribution in [0.3, 0.4) is 0 Å². The summed E-state index contributed by atoms with van der Waals surface area (Å²) < 4.78 is 24.2. The quantitative estimate of drug-likeness (QED) is 0.607. The van der Waals surface area contributed by atoms with Gasteiger partial charge < -0.3 is 20.1 Å². The first kappa shape index (κ1) is 20.9. The van der Waals surface area contributed by atoms with Crippen molar-refractivity contribution in [1.29, 1.82) is 0 Å². The van der Waals surface area contributed by atoms with Gasteiger partial charge >= 0.3 is 0 Å². The highest BCUT2D eigenvalue weighted by molar-refractivity contribution is 6.05. The Balaban J connectivity index is 1.57. The standard InChI is InChI=1S/C23H21FN2O4/c1-15-7-12-21(29-2)20(13-15)26-23(28)16-8-10-17(11-9-16)30-14-22(27)25-19-6-4-3-5-18(19)24/h3-13H,14H2,1-2H3,(H,25,27)(H,26,28). The van der Waals surface area contributed by atoms with Crippen molar-refractivity contribution < 1.29 is 23.5 Å². The van der Waals surface area contributed by atoms with E-state index in [0.29, 0.717) is 22.7 Å². The minimum Gasteiger partial charge on any atom is -0.495 e. The van der Waals surface area contributed by atoms with Gasteiger partial charge in [-0.3, -0.25) is 9.59 Å². The van der Waals surface area contributed by atoms with Crippen molar-refractivity contribution in [3.63, 3.8) is 0 Å². The molecule has 30 heavy (non-hydrogen) atoms. The van der Waals surface area contributed by atoms with Gasteiger partial charge in [0.2, 0.25) is 0 Å². The molecule has 0 heterocycles. The van der Waals surface area contributed by atoms with Crippen molar-refractivity contribution in [3.05, 3.63) is 83.7 Å². The van der Waals surface area contributed by atoms with E-state index in [2.05, 4.69) is 10.6 Å². The molecular formula is C23H21FN2O4. The topological polar surface area (TPSA) is 76.7 Å². The van der Waals surface area contributed by atoms with Gasteiger partial charge in [-0.1, -0.05) is 18.2 Å². The molecule has 0 unspecified atom stereocenters. The zero-order chi connectivity index (χ0) is 21.5. The molecule has 0 saturated carbocycles. The molecule has 6 nitrogen and oxygen atoms in total. The second-order valence-electron chi connectivity index (χ2n) is 6.50. The van der Waals surface area contributed by atoms with Crippen LogP contribution in [0.25, 0.3) is 0 Å². The predicted molar refractivity (Wildman–Crippen MR) is 113 cm³/mol. The predicted octanol–water partition coefficient (Wildman–Crippen LogP) is 4.41. The first-order valence-electron chi connectivity index (χ1n) is 9.19. The molecule has 0 aliphatic rings. The summed E-state index contributed by atoms with van der Waals surface area (Å²) in [4.78, 5) is 24.4. The molecular weight excluding hydrogens is 387 g/mol. The number of aryl methyl sites for hydroxylation is 1. The van der Waals surface area contributed by atoms with E-state index < -0.39 is 11.7 Å². The Morgan fingerprint density at radius 3 is 2.37 bits per heavy atom. The van der Waals surface area contributed by atoms with Crippen LogP contribution in [0.4, 0.5) is 15.8 Å². The molecule has 3 aromatic rings. The maximum absolute atomic E-state index is 13.6. The summed E-state index contributed by atoms with van der Waals surface area (Å²) in [5.74, 6) is -0.346. The second-order valence-corrected chi connectivity index (χ2v) is 6.50. The van der Waals surface area contributed by atoms with Crippen LogP contribution in [-0.4, -0.2) is 25.5 Å². The number of hydrogen-bond acceptors (Lipinski definition) is 4. The largest absolute Gasteiger partial charge is 0.495 e. The number of hydrogen-bond donors (Lipinski definition) is 2. The van der Waals surface area contributed by atoms with Crippen LogP contribution in [0.15, 0.2) is 66.7 Å². The number of ether oxygens (including phenoxy) is 2. The first-order chi connectivity index (χ1) is 14.5. The van der Waals surface area contributed by atoms with Crippen LogP contribution in [-0.2, 0) is 4.79 Å². The highest BCUT2D eigenvalue weighted by atomic mass is 19.1. The minimum atomic E-state index is -0.522. The Morgan fingerprint density at radius 1 is 0.933 bits per heavy atom. The number of anilines is 2. The van der Waals surface area contributed by atoms with Crippen LogP contribution in [0, 0.1) is 12.7 Å². The third kappa shape index (κ3) is 5.35. The van der Waals surface area contributed by atoms with Gasteiger partial charge in [0.25, 0.3) is 11.8 Å². The van der Waals surface area contributed by atoms with Crippen LogP contribution in [0.5, 0.6) is 11.5 Å². The number of carbonyl (C=O) groups excluding carboxylic acids is 2. The van der Waals surface area contributed by atoms with Crippen molar-refractivity contribution >= 4 is 23.2 Å². The number of methoxy groups -OCH3 is 1. The number of para-hydroxylation sites is 1. The SMILES string of the molecule is COc1ccc(C)cc1NC(=O)c1ccc(OCC(=O)Nc2ccccc2F)cc1. The summed E-state index contributed by atoms with van der Waals surface area (Å²) in [6.45, 7) is 1.63. The summed E-state index contributed by atoms with van der Waals surface area (Å²) in [6, 6.07) is 17.7. The zero-order valence-electron chi connectivity index (χ0n) is 16.6. The highest BCUT2D eigenvalue weighted by Gasteiger charge is 2.11. The molecule has 2 amide bonds. The summed E-state index contributed by atoms with van der Waals surface area (Å²) in [7, 11) is 1.54. The molecule has 0 fully saturated rings. The molecule has 0 atom stereocenters. The van der Waals surface area contributed by atoms with Gasteiger partial charge in [0, 0.05) is 5.56 Å².